The van der Waals surface area contributed by atoms with Crippen LogP contribution in [0.3, 0.4) is 0 Å². The minimum absolute atomic E-state index is 0.142. The number of nitrogens with zero attached hydrogens (tertiary/aromatic N) is 2. The summed E-state index contributed by atoms with van der Waals surface area (Å²) < 4.78 is 13.7. The molecule has 54 valence electrons. The molecule has 0 atom stereocenters. The lowest BCUT2D eigenvalue weighted by molar-refractivity contribution is 0.567. The Labute approximate surface area is 57.1 Å². The van der Waals surface area contributed by atoms with E-state index in [0.29, 0.717) is 0 Å². The molecular weight excluding hydrogens is 135 g/mol. The van der Waals surface area contributed by atoms with Crippen LogP contribution in [0.4, 0.5) is 4.39 Å². The monoisotopic (exact) mass is 142 g/mol. The molecule has 0 unspecified atom stereocenters. The van der Waals surface area contributed by atoms with Crippen molar-refractivity contribution in [1.29, 1.82) is 0 Å². The molecule has 0 saturated heterocycles. The molecule has 0 aliphatic carbocycles. The summed E-state index contributed by atoms with van der Waals surface area (Å²) in [4.78, 5) is 14.4. The normalized spacial score (nSPS) is 9.90. The first-order valence-electron chi connectivity index (χ1n) is 2.80. The molecule has 0 bridgehead atoms. The van der Waals surface area contributed by atoms with Crippen molar-refractivity contribution in [3.05, 3.63) is 28.2 Å². The van der Waals surface area contributed by atoms with Crippen molar-refractivity contribution in [2.75, 3.05) is 0 Å². The summed E-state index contributed by atoms with van der Waals surface area (Å²) in [7, 11) is 1.46. The Balaban J connectivity index is 3.50. The molecule has 10 heavy (non-hydrogen) atoms. The zero-order valence-corrected chi connectivity index (χ0v) is 5.76. The molecule has 0 saturated carbocycles. The van der Waals surface area contributed by atoms with E-state index in [1.54, 1.807) is 0 Å². The molecule has 0 fully saturated rings. The Morgan fingerprint density at radius 1 is 1.70 bits per heavy atom. The van der Waals surface area contributed by atoms with Gasteiger partial charge in [0, 0.05) is 7.05 Å². The summed E-state index contributed by atoms with van der Waals surface area (Å²) in [6.07, 6.45) is 1.29. The number of hydrogen-bond donors (Lipinski definition) is 0. The molecule has 0 radical (unpaired) electrons. The Morgan fingerprint density at radius 2 is 2.30 bits per heavy atom. The summed E-state index contributed by atoms with van der Waals surface area (Å²) in [5, 5.41) is 0. The highest BCUT2D eigenvalue weighted by Gasteiger charge is 2.03. The number of halogens is 1. The van der Waals surface area contributed by atoms with Crippen LogP contribution in [0.5, 0.6) is 0 Å². The standard InChI is InChI=1S/C6H7FN2O/c1-4-5(7)6(10)9(2)3-8-4/h3H,1-2H3. The number of hydrogen-bond acceptors (Lipinski definition) is 2. The highest BCUT2D eigenvalue weighted by Crippen LogP contribution is 1.91. The van der Waals surface area contributed by atoms with Gasteiger partial charge in [0.05, 0.1) is 12.0 Å². The second-order valence-electron chi connectivity index (χ2n) is 2.06. The highest BCUT2D eigenvalue weighted by molar-refractivity contribution is 4.99. The van der Waals surface area contributed by atoms with Crippen molar-refractivity contribution >= 4 is 0 Å². The third kappa shape index (κ3) is 0.920. The molecule has 0 spiro atoms. The third-order valence-corrected chi connectivity index (χ3v) is 1.25. The van der Waals surface area contributed by atoms with E-state index in [0.717, 1.165) is 4.57 Å². The first-order chi connectivity index (χ1) is 4.63. The zero-order valence-electron chi connectivity index (χ0n) is 5.76. The molecule has 0 aliphatic heterocycles. The SMILES string of the molecule is Cc1ncn(C)c(=O)c1F. The fraction of sp³-hybridized carbons (Fsp3) is 0.333. The van der Waals surface area contributed by atoms with Crippen molar-refractivity contribution < 1.29 is 4.39 Å². The van der Waals surface area contributed by atoms with Crippen LogP contribution in [0.15, 0.2) is 11.1 Å². The van der Waals surface area contributed by atoms with Crippen LogP contribution >= 0.6 is 0 Å². The summed E-state index contributed by atoms with van der Waals surface area (Å²) in [6.45, 7) is 1.46. The van der Waals surface area contributed by atoms with Crippen molar-refractivity contribution in [3.8, 4) is 0 Å². The maximum absolute atomic E-state index is 12.6. The van der Waals surface area contributed by atoms with Gasteiger partial charge in [-0.2, -0.15) is 4.39 Å². The molecule has 0 N–H and O–H groups in total. The minimum atomic E-state index is -0.773. The summed E-state index contributed by atoms with van der Waals surface area (Å²) in [5.41, 5.74) is -0.490. The van der Waals surface area contributed by atoms with E-state index in [2.05, 4.69) is 4.98 Å². The third-order valence-electron chi connectivity index (χ3n) is 1.25. The molecule has 1 heterocycles. The lowest BCUT2D eigenvalue weighted by Gasteiger charge is -1.96. The number of aromatic nitrogens is 2. The van der Waals surface area contributed by atoms with Gasteiger partial charge in [-0.1, -0.05) is 0 Å². The van der Waals surface area contributed by atoms with Crippen molar-refractivity contribution in [2.24, 2.45) is 7.05 Å². The second kappa shape index (κ2) is 2.21. The van der Waals surface area contributed by atoms with Crippen molar-refractivity contribution in [3.63, 3.8) is 0 Å². The first kappa shape index (κ1) is 6.92. The minimum Gasteiger partial charge on any atom is -0.300 e. The first-order valence-corrected chi connectivity index (χ1v) is 2.80. The van der Waals surface area contributed by atoms with Gasteiger partial charge in [-0.25, -0.2) is 4.98 Å². The van der Waals surface area contributed by atoms with Crippen LogP contribution in [-0.4, -0.2) is 9.55 Å². The summed E-state index contributed by atoms with van der Waals surface area (Å²) >= 11 is 0. The lowest BCUT2D eigenvalue weighted by Crippen LogP contribution is -2.21. The van der Waals surface area contributed by atoms with Gasteiger partial charge in [0.15, 0.2) is 0 Å². The summed E-state index contributed by atoms with van der Waals surface area (Å²) in [5.74, 6) is -0.773. The van der Waals surface area contributed by atoms with Crippen molar-refractivity contribution in [1.82, 2.24) is 9.55 Å². The van der Waals surface area contributed by atoms with Gasteiger partial charge < -0.3 is 0 Å². The maximum atomic E-state index is 12.6. The average Bonchev–Trinajstić information content (AvgIpc) is 1.93. The summed E-state index contributed by atoms with van der Waals surface area (Å²) in [6, 6.07) is 0. The van der Waals surface area contributed by atoms with Gasteiger partial charge in [-0.05, 0) is 6.92 Å². The molecule has 0 aromatic carbocycles. The average molecular weight is 142 g/mol. The molecule has 1 aromatic heterocycles. The smallest absolute Gasteiger partial charge is 0.289 e. The van der Waals surface area contributed by atoms with Crippen LogP contribution in [0.25, 0.3) is 0 Å². The number of rotatable bonds is 0. The fourth-order valence-electron chi connectivity index (χ4n) is 0.592. The van der Waals surface area contributed by atoms with Crippen LogP contribution in [0.2, 0.25) is 0 Å². The zero-order chi connectivity index (χ0) is 7.72. The van der Waals surface area contributed by atoms with E-state index in [9.17, 15) is 9.18 Å². The molecular formula is C6H7FN2O. The molecule has 4 heteroatoms. The quantitative estimate of drug-likeness (QED) is 0.519. The van der Waals surface area contributed by atoms with Crippen molar-refractivity contribution in [2.45, 2.75) is 6.92 Å². The molecule has 3 nitrogen and oxygen atoms in total. The Bertz CT molecular complexity index is 305. The Morgan fingerprint density at radius 3 is 2.80 bits per heavy atom. The predicted octanol–water partition coefficient (Wildman–Crippen LogP) is 0.228. The van der Waals surface area contributed by atoms with Crippen LogP contribution in [0.1, 0.15) is 5.69 Å². The van der Waals surface area contributed by atoms with Gasteiger partial charge in [-0.15, -0.1) is 0 Å². The van der Waals surface area contributed by atoms with Gasteiger partial charge in [0.25, 0.3) is 5.56 Å². The molecule has 1 rings (SSSR count). The van der Waals surface area contributed by atoms with Crippen LogP contribution in [0, 0.1) is 12.7 Å². The topological polar surface area (TPSA) is 34.9 Å². The molecule has 1 aromatic rings. The largest absolute Gasteiger partial charge is 0.300 e. The fourth-order valence-corrected chi connectivity index (χ4v) is 0.592. The van der Waals surface area contributed by atoms with E-state index in [-0.39, 0.29) is 5.69 Å². The van der Waals surface area contributed by atoms with E-state index < -0.39 is 11.4 Å². The highest BCUT2D eigenvalue weighted by atomic mass is 19.1. The van der Waals surface area contributed by atoms with E-state index >= 15 is 0 Å². The van der Waals surface area contributed by atoms with Crippen LogP contribution in [-0.2, 0) is 7.05 Å². The second-order valence-corrected chi connectivity index (χ2v) is 2.06. The van der Waals surface area contributed by atoms with Gasteiger partial charge >= 0.3 is 0 Å². The lowest BCUT2D eigenvalue weighted by atomic mass is 10.4. The molecule has 0 amide bonds. The molecule has 0 aliphatic rings. The predicted molar refractivity (Wildman–Crippen MR) is 34.2 cm³/mol. The van der Waals surface area contributed by atoms with Crippen LogP contribution < -0.4 is 5.56 Å². The van der Waals surface area contributed by atoms with E-state index in [1.165, 1.54) is 20.3 Å². The number of aryl methyl sites for hydroxylation is 2. The Hall–Kier alpha value is -1.19. The van der Waals surface area contributed by atoms with Gasteiger partial charge in [0.2, 0.25) is 5.82 Å². The van der Waals surface area contributed by atoms with E-state index in [4.69, 9.17) is 0 Å². The maximum Gasteiger partial charge on any atom is 0.289 e. The van der Waals surface area contributed by atoms with Gasteiger partial charge in [0.1, 0.15) is 0 Å². The van der Waals surface area contributed by atoms with Gasteiger partial charge in [-0.3, -0.25) is 9.36 Å². The van der Waals surface area contributed by atoms with E-state index in [1.807, 2.05) is 0 Å². The Kier molecular flexibility index (Phi) is 1.53.